The van der Waals surface area contributed by atoms with Crippen molar-refractivity contribution < 1.29 is 18.7 Å². The van der Waals surface area contributed by atoms with E-state index in [-0.39, 0.29) is 31.6 Å². The van der Waals surface area contributed by atoms with Gasteiger partial charge < -0.3 is 24.2 Å². The monoisotopic (exact) mass is 678 g/mol. The van der Waals surface area contributed by atoms with Gasteiger partial charge in [0, 0.05) is 42.2 Å². The fourth-order valence-corrected chi connectivity index (χ4v) is 7.48. The number of aromatic nitrogens is 4. The van der Waals surface area contributed by atoms with Crippen LogP contribution in [0.5, 0.6) is 11.8 Å². The van der Waals surface area contributed by atoms with Crippen LogP contribution in [-0.4, -0.2) is 94.4 Å². The van der Waals surface area contributed by atoms with Crippen molar-refractivity contribution in [2.75, 3.05) is 51.3 Å². The number of nitrogens with zero attached hydrogens (tertiary/aromatic N) is 7. The standard InChI is InChI=1S/C33H33Cl2FN8O3/c1-18(36)32(45)44-11-10-43(16-19(44)7-8-37)31-28-26(39-33(40-31)47-17-20-5-3-9-42(20)2)13-22(21-6-4-12-46-30(21)28)27-23-15-38-41-25(23)14-24(34)29(27)35/h13-15,19-20H,1,3-7,9-12,16-17H2,2H3,(H,38,41)/t19-,20-/m0/s1. The second-order valence-electron chi connectivity index (χ2n) is 12.2. The predicted molar refractivity (Wildman–Crippen MR) is 178 cm³/mol. The molecule has 2 saturated heterocycles. The quantitative estimate of drug-likeness (QED) is 0.246. The van der Waals surface area contributed by atoms with Gasteiger partial charge in [-0.15, -0.1) is 0 Å². The number of ether oxygens (including phenoxy) is 2. The van der Waals surface area contributed by atoms with Crippen molar-refractivity contribution in [3.8, 4) is 29.0 Å². The van der Waals surface area contributed by atoms with Gasteiger partial charge in [-0.3, -0.25) is 9.89 Å². The smallest absolute Gasteiger partial charge is 0.319 e. The van der Waals surface area contributed by atoms with Gasteiger partial charge in [-0.1, -0.05) is 29.8 Å². The average Bonchev–Trinajstić information content (AvgIpc) is 3.71. The van der Waals surface area contributed by atoms with Crippen LogP contribution in [0.3, 0.4) is 0 Å². The number of carbonyl (C=O) groups is 1. The number of carbonyl (C=O) groups excluding carboxylic acids is 1. The van der Waals surface area contributed by atoms with Crippen molar-refractivity contribution in [3.05, 3.63) is 46.3 Å². The van der Waals surface area contributed by atoms with Gasteiger partial charge in [0.2, 0.25) is 0 Å². The molecule has 2 atom stereocenters. The molecule has 244 valence electrons. The Labute approximate surface area is 280 Å². The number of fused-ring (bicyclic) bond motifs is 4. The highest BCUT2D eigenvalue weighted by molar-refractivity contribution is 6.45. The van der Waals surface area contributed by atoms with Crippen LogP contribution in [0, 0.1) is 11.3 Å². The zero-order valence-corrected chi connectivity index (χ0v) is 27.4. The van der Waals surface area contributed by atoms with Crippen LogP contribution in [-0.2, 0) is 11.2 Å². The lowest BCUT2D eigenvalue weighted by atomic mass is 9.90. The van der Waals surface area contributed by atoms with Crippen LogP contribution in [0.1, 0.15) is 31.2 Å². The van der Waals surface area contributed by atoms with Crippen molar-refractivity contribution >= 4 is 56.7 Å². The average molecular weight is 680 g/mol. The summed E-state index contributed by atoms with van der Waals surface area (Å²) in [5.74, 6) is -0.658. The van der Waals surface area contributed by atoms with E-state index in [1.54, 1.807) is 12.3 Å². The number of anilines is 1. The first-order chi connectivity index (χ1) is 22.7. The summed E-state index contributed by atoms with van der Waals surface area (Å²) in [6.07, 6.45) is 5.37. The molecule has 11 nitrogen and oxygen atoms in total. The van der Waals surface area contributed by atoms with E-state index < -0.39 is 17.8 Å². The summed E-state index contributed by atoms with van der Waals surface area (Å²) in [6.45, 7) is 5.87. The molecule has 1 N–H and O–H groups in total. The number of rotatable bonds is 7. The van der Waals surface area contributed by atoms with Crippen molar-refractivity contribution in [1.82, 2.24) is 30.0 Å². The Morgan fingerprint density at radius 2 is 2.09 bits per heavy atom. The Hall–Kier alpha value is -4.18. The van der Waals surface area contributed by atoms with Crippen molar-refractivity contribution in [3.63, 3.8) is 0 Å². The minimum atomic E-state index is -1.05. The van der Waals surface area contributed by atoms with Crippen molar-refractivity contribution in [1.29, 1.82) is 5.26 Å². The number of nitriles is 1. The maximum atomic E-state index is 13.9. The molecule has 2 aromatic heterocycles. The number of H-pyrrole nitrogens is 1. The molecule has 1 amide bonds. The lowest BCUT2D eigenvalue weighted by Crippen LogP contribution is -2.55. The maximum Gasteiger partial charge on any atom is 0.319 e. The zero-order valence-electron chi connectivity index (χ0n) is 25.9. The Bertz CT molecular complexity index is 1950. The van der Waals surface area contributed by atoms with Crippen molar-refractivity contribution in [2.45, 2.75) is 44.2 Å². The maximum absolute atomic E-state index is 13.9. The minimum Gasteiger partial charge on any atom is -0.492 e. The molecule has 14 heteroatoms. The van der Waals surface area contributed by atoms with Crippen LogP contribution in [0.4, 0.5) is 10.2 Å². The van der Waals surface area contributed by atoms with Gasteiger partial charge in [-0.2, -0.15) is 20.3 Å². The van der Waals surface area contributed by atoms with Crippen LogP contribution < -0.4 is 14.4 Å². The molecule has 0 aliphatic carbocycles. The predicted octanol–water partition coefficient (Wildman–Crippen LogP) is 5.69. The number of benzene rings is 2. The van der Waals surface area contributed by atoms with E-state index in [9.17, 15) is 14.4 Å². The first-order valence-electron chi connectivity index (χ1n) is 15.7. The molecule has 0 unspecified atom stereocenters. The number of likely N-dealkylation sites (tertiary alicyclic amines) is 1. The summed E-state index contributed by atoms with van der Waals surface area (Å²) < 4.78 is 26.7. The van der Waals surface area contributed by atoms with Crippen LogP contribution >= 0.6 is 23.2 Å². The molecule has 3 aliphatic heterocycles. The molecule has 47 heavy (non-hydrogen) atoms. The normalized spacial score (nSPS) is 19.9. The van der Waals surface area contributed by atoms with E-state index in [0.29, 0.717) is 58.7 Å². The van der Waals surface area contributed by atoms with E-state index in [4.69, 9.17) is 42.6 Å². The summed E-state index contributed by atoms with van der Waals surface area (Å²) in [5, 5.41) is 19.1. The number of hydrogen-bond acceptors (Lipinski definition) is 9. The van der Waals surface area contributed by atoms with Gasteiger partial charge in [-0.05, 0) is 57.0 Å². The highest BCUT2D eigenvalue weighted by Gasteiger charge is 2.35. The number of likely N-dealkylation sites (N-methyl/N-ethyl adjacent to an activating group) is 1. The number of amides is 1. The molecule has 4 aromatic rings. The first-order valence-corrected chi connectivity index (χ1v) is 16.4. The number of aromatic amines is 1. The number of nitrogens with one attached hydrogen (secondary N) is 1. The molecular weight excluding hydrogens is 646 g/mol. The third-order valence-corrected chi connectivity index (χ3v) is 10.2. The van der Waals surface area contributed by atoms with E-state index in [1.165, 1.54) is 4.90 Å². The number of piperazine rings is 1. The lowest BCUT2D eigenvalue weighted by Gasteiger charge is -2.41. The SMILES string of the molecule is C=C(F)C(=O)N1CCN(c2nc(OC[C@@H]3CCCN3C)nc3cc(-c4c(Cl)c(Cl)cc5[nH]ncc45)c4c(c23)OCCC4)C[C@@H]1CC#N. The molecule has 5 heterocycles. The molecule has 0 bridgehead atoms. The van der Waals surface area contributed by atoms with E-state index in [1.807, 2.05) is 11.0 Å². The summed E-state index contributed by atoms with van der Waals surface area (Å²) in [7, 11) is 2.08. The van der Waals surface area contributed by atoms with Gasteiger partial charge in [0.05, 0.1) is 57.8 Å². The minimum absolute atomic E-state index is 0.0165. The van der Waals surface area contributed by atoms with Gasteiger partial charge >= 0.3 is 6.01 Å². The molecule has 2 fully saturated rings. The largest absolute Gasteiger partial charge is 0.492 e. The van der Waals surface area contributed by atoms with Crippen LogP contribution in [0.25, 0.3) is 32.9 Å². The van der Waals surface area contributed by atoms with Gasteiger partial charge in [0.1, 0.15) is 18.2 Å². The lowest BCUT2D eigenvalue weighted by molar-refractivity contribution is -0.131. The molecule has 0 spiro atoms. The fraction of sp³-hybridized carbons (Fsp3) is 0.424. The first kappa shape index (κ1) is 31.4. The molecule has 7 rings (SSSR count). The van der Waals surface area contributed by atoms with Crippen LogP contribution in [0.15, 0.2) is 30.7 Å². The molecule has 0 saturated carbocycles. The van der Waals surface area contributed by atoms with Gasteiger partial charge in [0.25, 0.3) is 5.91 Å². The number of halogens is 3. The zero-order chi connectivity index (χ0) is 32.8. The third kappa shape index (κ3) is 5.70. The topological polar surface area (TPSA) is 124 Å². The second-order valence-corrected chi connectivity index (χ2v) is 13.0. The Kier molecular flexibility index (Phi) is 8.55. The number of hydrogen-bond donors (Lipinski definition) is 1. The van der Waals surface area contributed by atoms with Crippen LogP contribution in [0.2, 0.25) is 10.0 Å². The summed E-state index contributed by atoms with van der Waals surface area (Å²) in [6, 6.07) is 5.74. The van der Waals surface area contributed by atoms with E-state index >= 15 is 0 Å². The molecular formula is C33H33Cl2FN8O3. The molecule has 0 radical (unpaired) electrons. The summed E-state index contributed by atoms with van der Waals surface area (Å²) >= 11 is 13.5. The summed E-state index contributed by atoms with van der Waals surface area (Å²) in [4.78, 5) is 28.2. The van der Waals surface area contributed by atoms with Crippen molar-refractivity contribution in [2.24, 2.45) is 0 Å². The molecule has 3 aliphatic rings. The fourth-order valence-electron chi connectivity index (χ4n) is 7.02. The molecule has 2 aromatic carbocycles. The van der Waals surface area contributed by atoms with E-state index in [2.05, 4.69) is 34.8 Å². The Balaban J connectivity index is 1.40. The van der Waals surface area contributed by atoms with Gasteiger partial charge in [-0.25, -0.2) is 4.39 Å². The van der Waals surface area contributed by atoms with Gasteiger partial charge in [0.15, 0.2) is 5.83 Å². The second kappa shape index (κ2) is 12.8. The Morgan fingerprint density at radius 1 is 1.23 bits per heavy atom. The summed E-state index contributed by atoms with van der Waals surface area (Å²) in [5.41, 5.74) is 3.84. The highest BCUT2D eigenvalue weighted by atomic mass is 35.5. The third-order valence-electron chi connectivity index (χ3n) is 9.41. The highest BCUT2D eigenvalue weighted by Crippen LogP contribution is 2.48. The van der Waals surface area contributed by atoms with E-state index in [0.717, 1.165) is 53.4 Å². The Morgan fingerprint density at radius 3 is 2.85 bits per heavy atom.